The standard InChI is InChI=1S/C12H24N2O3/c1-2-14-8-10(3-4-12(16)17)7-11(9-14)13-5-6-15/h10-11,13,15H,2-9H2,1H3,(H,16,17). The first-order valence-electron chi connectivity index (χ1n) is 6.44. The van der Waals surface area contributed by atoms with Crippen LogP contribution in [0.5, 0.6) is 0 Å². The summed E-state index contributed by atoms with van der Waals surface area (Å²) in [6.07, 6.45) is 2.03. The minimum atomic E-state index is -0.710. The first-order valence-corrected chi connectivity index (χ1v) is 6.44. The molecule has 0 spiro atoms. The SMILES string of the molecule is CCN1CC(CCC(=O)O)CC(NCCO)C1. The number of carbonyl (C=O) groups is 1. The van der Waals surface area contributed by atoms with Gasteiger partial charge in [-0.05, 0) is 25.3 Å². The number of hydrogen-bond acceptors (Lipinski definition) is 4. The molecule has 5 heteroatoms. The van der Waals surface area contributed by atoms with Crippen molar-refractivity contribution >= 4 is 5.97 Å². The van der Waals surface area contributed by atoms with Crippen LogP contribution in [0.15, 0.2) is 0 Å². The molecule has 1 aliphatic rings. The van der Waals surface area contributed by atoms with Gasteiger partial charge in [0, 0.05) is 32.1 Å². The van der Waals surface area contributed by atoms with E-state index in [-0.39, 0.29) is 13.0 Å². The van der Waals surface area contributed by atoms with Crippen LogP contribution in [-0.2, 0) is 4.79 Å². The van der Waals surface area contributed by atoms with Crippen molar-refractivity contribution in [3.8, 4) is 0 Å². The first-order chi connectivity index (χ1) is 8.15. The van der Waals surface area contributed by atoms with E-state index in [1.54, 1.807) is 0 Å². The Labute approximate surface area is 103 Å². The van der Waals surface area contributed by atoms with E-state index in [4.69, 9.17) is 10.2 Å². The maximum Gasteiger partial charge on any atom is 0.303 e. The Morgan fingerprint density at radius 3 is 2.82 bits per heavy atom. The van der Waals surface area contributed by atoms with Crippen LogP contribution < -0.4 is 5.32 Å². The Kier molecular flexibility index (Phi) is 6.47. The van der Waals surface area contributed by atoms with Gasteiger partial charge < -0.3 is 20.4 Å². The van der Waals surface area contributed by atoms with Gasteiger partial charge >= 0.3 is 5.97 Å². The molecule has 0 saturated carbocycles. The van der Waals surface area contributed by atoms with E-state index in [1.165, 1.54) is 0 Å². The highest BCUT2D eigenvalue weighted by molar-refractivity contribution is 5.66. The average molecular weight is 244 g/mol. The minimum absolute atomic E-state index is 0.155. The van der Waals surface area contributed by atoms with Crippen LogP contribution >= 0.6 is 0 Å². The van der Waals surface area contributed by atoms with Crippen LogP contribution in [0.4, 0.5) is 0 Å². The summed E-state index contributed by atoms with van der Waals surface area (Å²) in [7, 11) is 0. The van der Waals surface area contributed by atoms with E-state index in [0.717, 1.165) is 32.5 Å². The molecule has 0 aromatic rings. The van der Waals surface area contributed by atoms with E-state index in [9.17, 15) is 4.79 Å². The molecule has 0 aliphatic carbocycles. The molecule has 1 aliphatic heterocycles. The molecular weight excluding hydrogens is 220 g/mol. The van der Waals surface area contributed by atoms with Crippen molar-refractivity contribution < 1.29 is 15.0 Å². The van der Waals surface area contributed by atoms with Gasteiger partial charge in [0.05, 0.1) is 6.61 Å². The van der Waals surface area contributed by atoms with Crippen LogP contribution in [0.3, 0.4) is 0 Å². The topological polar surface area (TPSA) is 72.8 Å². The molecule has 1 saturated heterocycles. The predicted molar refractivity (Wildman–Crippen MR) is 66.0 cm³/mol. The van der Waals surface area contributed by atoms with Crippen LogP contribution in [-0.4, -0.2) is 59.9 Å². The number of aliphatic hydroxyl groups is 1. The summed E-state index contributed by atoms with van der Waals surface area (Å²) in [6, 6.07) is 0.384. The molecule has 5 nitrogen and oxygen atoms in total. The second-order valence-electron chi connectivity index (χ2n) is 4.76. The van der Waals surface area contributed by atoms with Crippen LogP contribution in [0, 0.1) is 5.92 Å². The maximum atomic E-state index is 10.6. The Morgan fingerprint density at radius 1 is 1.47 bits per heavy atom. The number of piperidine rings is 1. The number of aliphatic hydroxyl groups excluding tert-OH is 1. The number of rotatable bonds is 7. The fourth-order valence-corrected chi connectivity index (χ4v) is 2.51. The van der Waals surface area contributed by atoms with Gasteiger partial charge in [-0.15, -0.1) is 0 Å². The molecule has 0 aromatic carbocycles. The predicted octanol–water partition coefficient (Wildman–Crippen LogP) is 0.144. The number of likely N-dealkylation sites (tertiary alicyclic amines) is 1. The van der Waals surface area contributed by atoms with Crippen molar-refractivity contribution in [2.75, 3.05) is 32.8 Å². The van der Waals surface area contributed by atoms with Crippen molar-refractivity contribution in [1.29, 1.82) is 0 Å². The zero-order valence-corrected chi connectivity index (χ0v) is 10.6. The zero-order valence-electron chi connectivity index (χ0n) is 10.6. The van der Waals surface area contributed by atoms with E-state index in [0.29, 0.717) is 18.5 Å². The lowest BCUT2D eigenvalue weighted by atomic mass is 9.90. The Bertz CT molecular complexity index is 236. The third kappa shape index (κ3) is 5.48. The number of aliphatic carboxylic acids is 1. The summed E-state index contributed by atoms with van der Waals surface area (Å²) >= 11 is 0. The van der Waals surface area contributed by atoms with Gasteiger partial charge in [0.15, 0.2) is 0 Å². The van der Waals surface area contributed by atoms with E-state index in [1.807, 2.05) is 0 Å². The summed E-state index contributed by atoms with van der Waals surface area (Å²) in [6.45, 7) is 5.90. The van der Waals surface area contributed by atoms with Gasteiger partial charge in [-0.2, -0.15) is 0 Å². The fourth-order valence-electron chi connectivity index (χ4n) is 2.51. The summed E-state index contributed by atoms with van der Waals surface area (Å²) in [5, 5.41) is 20.8. The molecule has 0 aromatic heterocycles. The van der Waals surface area contributed by atoms with Crippen molar-refractivity contribution in [2.45, 2.75) is 32.2 Å². The second kappa shape index (κ2) is 7.63. The highest BCUT2D eigenvalue weighted by atomic mass is 16.4. The van der Waals surface area contributed by atoms with Gasteiger partial charge in [0.2, 0.25) is 0 Å². The monoisotopic (exact) mass is 244 g/mol. The lowest BCUT2D eigenvalue weighted by molar-refractivity contribution is -0.137. The molecule has 2 unspecified atom stereocenters. The summed E-state index contributed by atoms with van der Waals surface area (Å²) in [5.74, 6) is -0.255. The quantitative estimate of drug-likeness (QED) is 0.594. The summed E-state index contributed by atoms with van der Waals surface area (Å²) in [5.41, 5.74) is 0. The summed E-state index contributed by atoms with van der Waals surface area (Å²) in [4.78, 5) is 12.9. The molecule has 0 amide bonds. The first kappa shape index (κ1) is 14.4. The molecular formula is C12H24N2O3. The third-order valence-corrected chi connectivity index (χ3v) is 3.37. The minimum Gasteiger partial charge on any atom is -0.481 e. The molecule has 1 fully saturated rings. The van der Waals surface area contributed by atoms with Gasteiger partial charge in [0.1, 0.15) is 0 Å². The number of carboxylic acid groups (broad SMARTS) is 1. The van der Waals surface area contributed by atoms with Crippen LogP contribution in [0.25, 0.3) is 0 Å². The van der Waals surface area contributed by atoms with Crippen molar-refractivity contribution in [3.05, 3.63) is 0 Å². The number of hydrogen-bond donors (Lipinski definition) is 3. The van der Waals surface area contributed by atoms with Gasteiger partial charge in [-0.1, -0.05) is 6.92 Å². The molecule has 2 atom stereocenters. The Morgan fingerprint density at radius 2 is 2.24 bits per heavy atom. The molecule has 3 N–H and O–H groups in total. The fraction of sp³-hybridized carbons (Fsp3) is 0.917. The van der Waals surface area contributed by atoms with E-state index < -0.39 is 5.97 Å². The number of nitrogens with zero attached hydrogens (tertiary/aromatic N) is 1. The third-order valence-electron chi connectivity index (χ3n) is 3.37. The highest BCUT2D eigenvalue weighted by Gasteiger charge is 2.26. The lowest BCUT2D eigenvalue weighted by Crippen LogP contribution is -2.49. The lowest BCUT2D eigenvalue weighted by Gasteiger charge is -2.37. The van der Waals surface area contributed by atoms with Crippen LogP contribution in [0.2, 0.25) is 0 Å². The summed E-state index contributed by atoms with van der Waals surface area (Å²) < 4.78 is 0. The average Bonchev–Trinajstić information content (AvgIpc) is 2.33. The zero-order chi connectivity index (χ0) is 12.7. The molecule has 1 heterocycles. The van der Waals surface area contributed by atoms with Crippen molar-refractivity contribution in [1.82, 2.24) is 10.2 Å². The smallest absolute Gasteiger partial charge is 0.303 e. The Hall–Kier alpha value is -0.650. The maximum absolute atomic E-state index is 10.6. The van der Waals surface area contributed by atoms with Crippen molar-refractivity contribution in [3.63, 3.8) is 0 Å². The molecule has 100 valence electrons. The number of likely N-dealkylation sites (N-methyl/N-ethyl adjacent to an activating group) is 1. The molecule has 17 heavy (non-hydrogen) atoms. The van der Waals surface area contributed by atoms with E-state index in [2.05, 4.69) is 17.1 Å². The van der Waals surface area contributed by atoms with Gasteiger partial charge in [-0.25, -0.2) is 0 Å². The second-order valence-corrected chi connectivity index (χ2v) is 4.76. The normalized spacial score (nSPS) is 26.0. The molecule has 0 radical (unpaired) electrons. The molecule has 0 bridgehead atoms. The number of carboxylic acids is 1. The number of nitrogens with one attached hydrogen (secondary N) is 1. The highest BCUT2D eigenvalue weighted by Crippen LogP contribution is 2.21. The molecule has 1 rings (SSSR count). The van der Waals surface area contributed by atoms with Crippen molar-refractivity contribution in [2.24, 2.45) is 5.92 Å². The largest absolute Gasteiger partial charge is 0.481 e. The van der Waals surface area contributed by atoms with E-state index >= 15 is 0 Å². The Balaban J connectivity index is 2.39. The van der Waals surface area contributed by atoms with Gasteiger partial charge in [0.25, 0.3) is 0 Å². The van der Waals surface area contributed by atoms with Gasteiger partial charge in [-0.3, -0.25) is 4.79 Å². The van der Waals surface area contributed by atoms with Crippen LogP contribution in [0.1, 0.15) is 26.2 Å².